The molecule has 3 aromatic carbocycles. The Morgan fingerprint density at radius 3 is 1.58 bits per heavy atom. The monoisotopic (exact) mass is 643 g/mol. The Hall–Kier alpha value is -5.63. The third-order valence-corrected chi connectivity index (χ3v) is 6.01. The highest BCUT2D eigenvalue weighted by molar-refractivity contribution is 6.33. The summed E-state index contributed by atoms with van der Waals surface area (Å²) >= 11 is 6.12. The number of nitrogens with one attached hydrogen (secondary N) is 1. The summed E-state index contributed by atoms with van der Waals surface area (Å²) < 4.78 is 30.7. The number of esters is 4. The lowest BCUT2D eigenvalue weighted by molar-refractivity contribution is -0.157. The van der Waals surface area contributed by atoms with E-state index in [4.69, 9.17) is 40.0 Å². The highest BCUT2D eigenvalue weighted by Crippen LogP contribution is 2.30. The molecule has 45 heavy (non-hydrogen) atoms. The first kappa shape index (κ1) is 33.9. The van der Waals surface area contributed by atoms with Gasteiger partial charge < -0.3 is 38.8 Å². The molecule has 3 aromatic rings. The summed E-state index contributed by atoms with van der Waals surface area (Å²) in [5.41, 5.74) is -0.449. The summed E-state index contributed by atoms with van der Waals surface area (Å²) in [4.78, 5) is 74.7. The van der Waals surface area contributed by atoms with Gasteiger partial charge in [-0.05, 0) is 48.5 Å². The average Bonchev–Trinajstić information content (AvgIpc) is 2.99. The van der Waals surface area contributed by atoms with Crippen LogP contribution in [0.4, 0.5) is 5.69 Å². The van der Waals surface area contributed by atoms with E-state index in [1.165, 1.54) is 50.6 Å². The molecule has 1 amide bonds. The Kier molecular flexibility index (Phi) is 11.4. The second-order valence-corrected chi connectivity index (χ2v) is 9.28. The number of anilines is 1. The second kappa shape index (κ2) is 15.2. The highest BCUT2D eigenvalue weighted by Gasteiger charge is 2.41. The molecule has 15 heteroatoms. The van der Waals surface area contributed by atoms with Crippen LogP contribution in [0.3, 0.4) is 0 Å². The van der Waals surface area contributed by atoms with Crippen molar-refractivity contribution in [1.29, 1.82) is 0 Å². The Morgan fingerprint density at radius 2 is 1.16 bits per heavy atom. The van der Waals surface area contributed by atoms with Crippen LogP contribution in [0.25, 0.3) is 0 Å². The number of amides is 1. The molecule has 0 aliphatic rings. The number of ether oxygens (including phenoxy) is 6. The van der Waals surface area contributed by atoms with Gasteiger partial charge in [-0.15, -0.1) is 0 Å². The maximum atomic E-state index is 13.4. The largest absolute Gasteiger partial charge is 0.493 e. The molecule has 2 atom stereocenters. The van der Waals surface area contributed by atoms with Crippen LogP contribution in [0.15, 0.2) is 60.7 Å². The number of rotatable bonds is 12. The zero-order chi connectivity index (χ0) is 33.3. The van der Waals surface area contributed by atoms with Crippen molar-refractivity contribution in [3.63, 3.8) is 0 Å². The number of aliphatic carboxylic acids is 1. The third-order valence-electron chi connectivity index (χ3n) is 5.68. The smallest absolute Gasteiger partial charge is 0.349 e. The molecule has 0 saturated carbocycles. The van der Waals surface area contributed by atoms with Gasteiger partial charge in [-0.2, -0.15) is 0 Å². The molecule has 3 rings (SSSR count). The Balaban J connectivity index is 1.98. The topological polar surface area (TPSA) is 190 Å². The van der Waals surface area contributed by atoms with Gasteiger partial charge in [-0.3, -0.25) is 14.4 Å². The number of hydrogen-bond acceptors (Lipinski definition) is 12. The number of carbonyl (C=O) groups is 6. The molecule has 0 spiro atoms. The number of benzene rings is 3. The molecular formula is C30H26ClNO13. The zero-order valence-electron chi connectivity index (χ0n) is 24.2. The summed E-state index contributed by atoms with van der Waals surface area (Å²) in [6.45, 7) is 2.31. The Labute approximate surface area is 260 Å². The van der Waals surface area contributed by atoms with E-state index in [-0.39, 0.29) is 44.8 Å². The fraction of sp³-hybridized carbons (Fsp3) is 0.200. The van der Waals surface area contributed by atoms with Crippen LogP contribution in [-0.4, -0.2) is 67.3 Å². The second-order valence-electron chi connectivity index (χ2n) is 8.88. The molecule has 2 N–H and O–H groups in total. The van der Waals surface area contributed by atoms with Gasteiger partial charge in [0.1, 0.15) is 0 Å². The van der Waals surface area contributed by atoms with Crippen molar-refractivity contribution >= 4 is 53.0 Å². The van der Waals surface area contributed by atoms with Crippen molar-refractivity contribution in [3.8, 4) is 23.0 Å². The minimum Gasteiger partial charge on any atom is -0.493 e. The van der Waals surface area contributed by atoms with E-state index in [0.717, 1.165) is 32.0 Å². The first-order valence-corrected chi connectivity index (χ1v) is 13.2. The van der Waals surface area contributed by atoms with E-state index in [1.807, 2.05) is 0 Å². The maximum Gasteiger partial charge on any atom is 0.349 e. The van der Waals surface area contributed by atoms with Crippen molar-refractivity contribution in [2.24, 2.45) is 0 Å². The number of carbonyl (C=O) groups excluding carboxylic acids is 5. The molecule has 0 aliphatic heterocycles. The number of hydrogen-bond donors (Lipinski definition) is 2. The number of methoxy groups -OCH3 is 2. The molecule has 0 aromatic heterocycles. The van der Waals surface area contributed by atoms with Gasteiger partial charge in [0.15, 0.2) is 23.0 Å². The van der Waals surface area contributed by atoms with Crippen LogP contribution in [0.2, 0.25) is 5.02 Å². The first-order valence-electron chi connectivity index (χ1n) is 12.8. The van der Waals surface area contributed by atoms with Gasteiger partial charge in [-0.25, -0.2) is 14.4 Å². The van der Waals surface area contributed by atoms with Gasteiger partial charge in [0, 0.05) is 13.8 Å². The maximum absolute atomic E-state index is 13.4. The standard InChI is InChI=1S/C30H26ClNO13/c1-15(33)42-21-11-9-17(13-23(21)40-3)29(38)44-25(27(35)32-20-8-6-5-7-19(20)31)26(28(36)37)45-30(39)18-10-12-22(43-16(2)34)24(14-18)41-4/h5-14,25-26H,1-4H3,(H,32,35)(H,36,37)/t25-,26-/m0/s1. The van der Waals surface area contributed by atoms with Gasteiger partial charge >= 0.3 is 29.8 Å². The van der Waals surface area contributed by atoms with Crippen LogP contribution in [0.5, 0.6) is 23.0 Å². The molecular weight excluding hydrogens is 618 g/mol. The van der Waals surface area contributed by atoms with E-state index in [2.05, 4.69) is 5.32 Å². The van der Waals surface area contributed by atoms with Crippen molar-refractivity contribution < 1.29 is 62.3 Å². The fourth-order valence-electron chi connectivity index (χ4n) is 3.70. The quantitative estimate of drug-likeness (QED) is 0.215. The van der Waals surface area contributed by atoms with Gasteiger partial charge in [0.05, 0.1) is 36.1 Å². The lowest BCUT2D eigenvalue weighted by atomic mass is 10.1. The third kappa shape index (κ3) is 8.93. The van der Waals surface area contributed by atoms with Crippen LogP contribution >= 0.6 is 11.6 Å². The predicted octanol–water partition coefficient (Wildman–Crippen LogP) is 3.68. The number of carboxylic acids is 1. The van der Waals surface area contributed by atoms with E-state index in [9.17, 15) is 33.9 Å². The molecule has 0 unspecified atom stereocenters. The fourth-order valence-corrected chi connectivity index (χ4v) is 3.88. The zero-order valence-corrected chi connectivity index (χ0v) is 24.9. The molecule has 0 saturated heterocycles. The van der Waals surface area contributed by atoms with Crippen molar-refractivity contribution in [3.05, 3.63) is 76.8 Å². The highest BCUT2D eigenvalue weighted by atomic mass is 35.5. The lowest BCUT2D eigenvalue weighted by Gasteiger charge is -2.24. The summed E-state index contributed by atoms with van der Waals surface area (Å²) in [7, 11) is 2.48. The van der Waals surface area contributed by atoms with Gasteiger partial charge in [-0.1, -0.05) is 23.7 Å². The number of halogens is 1. The van der Waals surface area contributed by atoms with E-state index in [0.29, 0.717) is 0 Å². The molecule has 0 heterocycles. The van der Waals surface area contributed by atoms with Crippen molar-refractivity contribution in [2.45, 2.75) is 26.1 Å². The lowest BCUT2D eigenvalue weighted by Crippen LogP contribution is -2.48. The average molecular weight is 644 g/mol. The Morgan fingerprint density at radius 1 is 0.689 bits per heavy atom. The van der Waals surface area contributed by atoms with E-state index < -0.39 is 48.0 Å². The first-order chi connectivity index (χ1) is 21.3. The minimum absolute atomic E-state index is 0.0259. The van der Waals surface area contributed by atoms with Gasteiger partial charge in [0.25, 0.3) is 5.91 Å². The normalized spacial score (nSPS) is 11.7. The molecule has 0 fully saturated rings. The molecule has 0 radical (unpaired) electrons. The summed E-state index contributed by atoms with van der Waals surface area (Å²) in [6, 6.07) is 12.9. The summed E-state index contributed by atoms with van der Waals surface area (Å²) in [6.07, 6.45) is -4.65. The number of para-hydroxylation sites is 1. The SMILES string of the molecule is COc1cc(C(=O)O[C@H](C(=O)O)[C@H](OC(=O)c2ccc(OC(C)=O)c(OC)c2)C(=O)Nc2ccccc2Cl)ccc1OC(C)=O. The molecule has 0 bridgehead atoms. The van der Waals surface area contributed by atoms with Crippen LogP contribution in [0, 0.1) is 0 Å². The van der Waals surface area contributed by atoms with Gasteiger partial charge in [0.2, 0.25) is 12.2 Å². The van der Waals surface area contributed by atoms with Crippen LogP contribution < -0.4 is 24.3 Å². The Bertz CT molecular complexity index is 1640. The van der Waals surface area contributed by atoms with Crippen molar-refractivity contribution in [2.75, 3.05) is 19.5 Å². The van der Waals surface area contributed by atoms with E-state index in [1.54, 1.807) is 6.07 Å². The number of carboxylic acid groups (broad SMARTS) is 1. The summed E-state index contributed by atoms with van der Waals surface area (Å²) in [5, 5.41) is 12.4. The molecule has 0 aliphatic carbocycles. The van der Waals surface area contributed by atoms with Crippen LogP contribution in [0.1, 0.15) is 34.6 Å². The van der Waals surface area contributed by atoms with E-state index >= 15 is 0 Å². The molecule has 236 valence electrons. The molecule has 14 nitrogen and oxygen atoms in total. The summed E-state index contributed by atoms with van der Waals surface area (Å²) in [5.74, 6) is -7.02. The van der Waals surface area contributed by atoms with Crippen molar-refractivity contribution in [1.82, 2.24) is 0 Å². The predicted molar refractivity (Wildman–Crippen MR) is 155 cm³/mol. The minimum atomic E-state index is -2.38. The van der Waals surface area contributed by atoms with Crippen LogP contribution in [-0.2, 0) is 28.7 Å².